The van der Waals surface area contributed by atoms with Gasteiger partial charge in [-0.25, -0.2) is 28.6 Å². The van der Waals surface area contributed by atoms with Gasteiger partial charge in [-0.2, -0.15) is 10.2 Å². The minimum absolute atomic E-state index is 0.187. The van der Waals surface area contributed by atoms with Crippen molar-refractivity contribution in [2.75, 3.05) is 25.2 Å². The number of carbonyl (C=O) groups is 1. The second-order valence-corrected chi connectivity index (χ2v) is 7.46. The molecule has 0 aliphatic carbocycles. The van der Waals surface area contributed by atoms with E-state index in [-0.39, 0.29) is 13.2 Å². The molecule has 11 heteroatoms. The van der Waals surface area contributed by atoms with Crippen LogP contribution in [0.25, 0.3) is 28.2 Å². The van der Waals surface area contributed by atoms with Crippen LogP contribution >= 0.6 is 0 Å². The van der Waals surface area contributed by atoms with Crippen molar-refractivity contribution < 1.29 is 18.7 Å². The first-order valence-corrected chi connectivity index (χ1v) is 9.46. The summed E-state index contributed by atoms with van der Waals surface area (Å²) < 4.78 is 26.8. The first-order chi connectivity index (χ1) is 15.0. The second-order valence-electron chi connectivity index (χ2n) is 7.46. The van der Waals surface area contributed by atoms with E-state index in [9.17, 15) is 9.18 Å². The molecular weight excluding hydrogens is 405 g/mol. The smallest absolute Gasteiger partial charge is 0.416 e. The Morgan fingerprint density at radius 3 is 2.94 bits per heavy atom. The molecule has 0 spiro atoms. The minimum Gasteiger partial charge on any atom is -0.447 e. The lowest BCUT2D eigenvalue weighted by Gasteiger charge is -2.30. The van der Waals surface area contributed by atoms with Crippen LogP contribution in [0.2, 0.25) is 0 Å². The Morgan fingerprint density at radius 1 is 1.32 bits per heavy atom. The van der Waals surface area contributed by atoms with Gasteiger partial charge in [-0.05, 0) is 30.7 Å². The van der Waals surface area contributed by atoms with E-state index in [1.165, 1.54) is 17.3 Å². The van der Waals surface area contributed by atoms with Crippen LogP contribution in [0.15, 0.2) is 43.0 Å². The van der Waals surface area contributed by atoms with E-state index in [2.05, 4.69) is 25.3 Å². The van der Waals surface area contributed by atoms with Crippen LogP contribution < -0.4 is 4.90 Å². The standard InChI is InChI=1S/C20H18FN7O3/c1-20(9-30-2)10-31-19(29)28(20)16-5-6-27-18(25-16)14(8-24-27)12-3-4-13(15(21)7-12)17-22-11-23-26-17/h3-8,11H,9-10H2,1-2H3,(H,22,23,26). The molecule has 1 saturated heterocycles. The quantitative estimate of drug-likeness (QED) is 0.525. The van der Waals surface area contributed by atoms with Crippen molar-refractivity contribution in [3.05, 3.63) is 48.8 Å². The summed E-state index contributed by atoms with van der Waals surface area (Å²) in [5, 5.41) is 10.7. The number of hydrogen-bond acceptors (Lipinski definition) is 7. The molecule has 0 radical (unpaired) electrons. The highest BCUT2D eigenvalue weighted by atomic mass is 19.1. The van der Waals surface area contributed by atoms with Gasteiger partial charge in [-0.15, -0.1) is 0 Å². The van der Waals surface area contributed by atoms with Crippen molar-refractivity contribution in [3.8, 4) is 22.5 Å². The number of fused-ring (bicyclic) bond motifs is 1. The van der Waals surface area contributed by atoms with Crippen molar-refractivity contribution in [2.24, 2.45) is 0 Å². The fourth-order valence-electron chi connectivity index (χ4n) is 3.75. The maximum atomic E-state index is 14.7. The number of amides is 1. The molecule has 1 N–H and O–H groups in total. The third kappa shape index (κ3) is 3.10. The fraction of sp³-hybridized carbons (Fsp3) is 0.250. The number of rotatable bonds is 5. The van der Waals surface area contributed by atoms with Crippen LogP contribution in [0, 0.1) is 5.82 Å². The monoisotopic (exact) mass is 423 g/mol. The van der Waals surface area contributed by atoms with Crippen LogP contribution in [0.5, 0.6) is 0 Å². The number of H-pyrrole nitrogens is 1. The summed E-state index contributed by atoms with van der Waals surface area (Å²) in [5.41, 5.74) is 1.29. The van der Waals surface area contributed by atoms with E-state index in [0.29, 0.717) is 34.0 Å². The molecule has 4 aromatic rings. The SMILES string of the molecule is COCC1(C)COC(=O)N1c1ccn2ncc(-c3ccc(-c4ncn[nH]4)c(F)c3)c2n1. The fourth-order valence-corrected chi connectivity index (χ4v) is 3.75. The Hall–Kier alpha value is -3.86. The van der Waals surface area contributed by atoms with Crippen molar-refractivity contribution in [3.63, 3.8) is 0 Å². The summed E-state index contributed by atoms with van der Waals surface area (Å²) in [5.74, 6) is 0.282. The normalized spacial score (nSPS) is 18.7. The van der Waals surface area contributed by atoms with E-state index in [1.807, 2.05) is 6.92 Å². The molecule has 158 valence electrons. The number of aromatic nitrogens is 6. The molecule has 0 bridgehead atoms. The van der Waals surface area contributed by atoms with Crippen LogP contribution in [0.4, 0.5) is 15.0 Å². The lowest BCUT2D eigenvalue weighted by Crippen LogP contribution is -2.48. The van der Waals surface area contributed by atoms with Gasteiger partial charge < -0.3 is 9.47 Å². The van der Waals surface area contributed by atoms with Crippen LogP contribution in [-0.4, -0.2) is 61.7 Å². The number of anilines is 1. The zero-order valence-corrected chi connectivity index (χ0v) is 16.7. The van der Waals surface area contributed by atoms with Gasteiger partial charge in [-0.3, -0.25) is 5.10 Å². The second kappa shape index (κ2) is 7.13. The minimum atomic E-state index is -0.692. The van der Waals surface area contributed by atoms with Crippen LogP contribution in [0.1, 0.15) is 6.92 Å². The highest BCUT2D eigenvalue weighted by Gasteiger charge is 2.45. The number of benzene rings is 1. The lowest BCUT2D eigenvalue weighted by atomic mass is 10.0. The topological polar surface area (TPSA) is 111 Å². The maximum Gasteiger partial charge on any atom is 0.416 e. The summed E-state index contributed by atoms with van der Waals surface area (Å²) in [6, 6.07) is 6.44. The molecule has 1 aromatic carbocycles. The number of aromatic amines is 1. The lowest BCUT2D eigenvalue weighted by molar-refractivity contribution is 0.122. The van der Waals surface area contributed by atoms with E-state index >= 15 is 0 Å². The molecule has 5 rings (SSSR count). The highest BCUT2D eigenvalue weighted by molar-refractivity contribution is 5.91. The summed E-state index contributed by atoms with van der Waals surface area (Å²) in [4.78, 5) is 22.5. The molecular formula is C20H18FN7O3. The van der Waals surface area contributed by atoms with Gasteiger partial charge in [-0.1, -0.05) is 6.07 Å². The zero-order valence-electron chi connectivity index (χ0n) is 16.7. The van der Waals surface area contributed by atoms with Crippen molar-refractivity contribution in [1.82, 2.24) is 29.8 Å². The Labute approximate surface area is 175 Å². The Kier molecular flexibility index (Phi) is 4.40. The van der Waals surface area contributed by atoms with Gasteiger partial charge in [0.25, 0.3) is 0 Å². The van der Waals surface area contributed by atoms with Gasteiger partial charge in [0.15, 0.2) is 11.5 Å². The van der Waals surface area contributed by atoms with Gasteiger partial charge in [0, 0.05) is 18.9 Å². The summed E-state index contributed by atoms with van der Waals surface area (Å²) in [6.45, 7) is 2.33. The van der Waals surface area contributed by atoms with Gasteiger partial charge >= 0.3 is 6.09 Å². The molecule has 1 amide bonds. The van der Waals surface area contributed by atoms with Gasteiger partial charge in [0.05, 0.1) is 18.4 Å². The van der Waals surface area contributed by atoms with E-state index in [0.717, 1.165) is 0 Å². The molecule has 1 unspecified atom stereocenters. The molecule has 1 aliphatic rings. The predicted molar refractivity (Wildman–Crippen MR) is 108 cm³/mol. The number of cyclic esters (lactones) is 1. The van der Waals surface area contributed by atoms with Crippen LogP contribution in [-0.2, 0) is 9.47 Å². The van der Waals surface area contributed by atoms with E-state index in [4.69, 9.17) is 9.47 Å². The van der Waals surface area contributed by atoms with Crippen molar-refractivity contribution in [1.29, 1.82) is 0 Å². The average Bonchev–Trinajstić information content (AvgIpc) is 3.47. The Morgan fingerprint density at radius 2 is 2.19 bits per heavy atom. The molecule has 31 heavy (non-hydrogen) atoms. The number of ether oxygens (including phenoxy) is 2. The van der Waals surface area contributed by atoms with Gasteiger partial charge in [0.1, 0.15) is 30.1 Å². The summed E-state index contributed by atoms with van der Waals surface area (Å²) in [6.07, 6.45) is 4.12. The molecule has 3 aromatic heterocycles. The molecule has 4 heterocycles. The van der Waals surface area contributed by atoms with Gasteiger partial charge in [0.2, 0.25) is 0 Å². The molecule has 1 fully saturated rings. The first kappa shape index (κ1) is 19.1. The van der Waals surface area contributed by atoms with Crippen molar-refractivity contribution in [2.45, 2.75) is 12.5 Å². The Bertz CT molecular complexity index is 1270. The largest absolute Gasteiger partial charge is 0.447 e. The summed E-state index contributed by atoms with van der Waals surface area (Å²) >= 11 is 0. The molecule has 1 atom stereocenters. The predicted octanol–water partition coefficient (Wildman–Crippen LogP) is 2.68. The number of hydrogen-bond donors (Lipinski definition) is 1. The Balaban J connectivity index is 1.57. The zero-order chi connectivity index (χ0) is 21.6. The van der Waals surface area contributed by atoms with Crippen LogP contribution in [0.3, 0.4) is 0 Å². The number of methoxy groups -OCH3 is 1. The maximum absolute atomic E-state index is 14.7. The third-order valence-corrected chi connectivity index (χ3v) is 5.22. The third-order valence-electron chi connectivity index (χ3n) is 5.22. The molecule has 1 aliphatic heterocycles. The average molecular weight is 423 g/mol. The molecule has 10 nitrogen and oxygen atoms in total. The van der Waals surface area contributed by atoms with E-state index < -0.39 is 17.4 Å². The number of halogens is 1. The molecule has 0 saturated carbocycles. The number of nitrogens with zero attached hydrogens (tertiary/aromatic N) is 6. The highest BCUT2D eigenvalue weighted by Crippen LogP contribution is 2.32. The summed E-state index contributed by atoms with van der Waals surface area (Å²) in [7, 11) is 1.56. The number of carbonyl (C=O) groups excluding carboxylic acids is 1. The van der Waals surface area contributed by atoms with E-state index in [1.54, 1.807) is 42.2 Å². The first-order valence-electron chi connectivity index (χ1n) is 9.46. The van der Waals surface area contributed by atoms with Crippen molar-refractivity contribution >= 4 is 17.6 Å². The number of nitrogens with one attached hydrogen (secondary N) is 1.